The number of carboxylic acids is 1. The third kappa shape index (κ3) is 5.99. The molecule has 0 saturated heterocycles. The van der Waals surface area contributed by atoms with Crippen LogP contribution in [0.1, 0.15) is 31.4 Å². The number of nitrogens with one attached hydrogen (secondary N) is 1. The van der Waals surface area contributed by atoms with Crippen molar-refractivity contribution in [3.05, 3.63) is 72.6 Å². The second-order valence-electron chi connectivity index (χ2n) is 8.17. The van der Waals surface area contributed by atoms with Gasteiger partial charge in [-0.3, -0.25) is 4.98 Å². The van der Waals surface area contributed by atoms with Crippen molar-refractivity contribution in [3.8, 4) is 22.5 Å². The second-order valence-corrected chi connectivity index (χ2v) is 8.17. The molecule has 32 heavy (non-hydrogen) atoms. The number of nitrogens with zero attached hydrogens (tertiary/aromatic N) is 2. The highest BCUT2D eigenvalue weighted by Gasteiger charge is 2.22. The van der Waals surface area contributed by atoms with Crippen molar-refractivity contribution >= 4 is 5.97 Å². The molecule has 2 aromatic carbocycles. The Labute approximate surface area is 188 Å². The van der Waals surface area contributed by atoms with E-state index in [1.807, 2.05) is 42.6 Å². The first-order chi connectivity index (χ1) is 15.7. The highest BCUT2D eigenvalue weighted by atomic mass is 16.5. The van der Waals surface area contributed by atoms with Crippen molar-refractivity contribution in [1.29, 1.82) is 0 Å². The van der Waals surface area contributed by atoms with E-state index in [0.717, 1.165) is 66.9 Å². The number of aromatic nitrogens is 2. The van der Waals surface area contributed by atoms with E-state index in [9.17, 15) is 4.79 Å². The average Bonchev–Trinajstić information content (AvgIpc) is 2.84. The van der Waals surface area contributed by atoms with Gasteiger partial charge < -0.3 is 15.2 Å². The van der Waals surface area contributed by atoms with Gasteiger partial charge in [-0.1, -0.05) is 60.7 Å². The van der Waals surface area contributed by atoms with E-state index in [4.69, 9.17) is 19.8 Å². The van der Waals surface area contributed by atoms with Crippen molar-refractivity contribution in [2.45, 2.75) is 44.2 Å². The number of hydrogen-bond donors (Lipinski definition) is 2. The first-order valence-electron chi connectivity index (χ1n) is 11.2. The maximum Gasteiger partial charge on any atom is 0.329 e. The molecule has 1 aliphatic carbocycles. The topological polar surface area (TPSA) is 84.3 Å². The fourth-order valence-corrected chi connectivity index (χ4v) is 4.18. The molecule has 0 radical (unpaired) electrons. The first-order valence-corrected chi connectivity index (χ1v) is 11.2. The number of hydrogen-bond acceptors (Lipinski definition) is 5. The van der Waals surface area contributed by atoms with Crippen LogP contribution < -0.4 is 5.32 Å². The molecule has 1 aromatic heterocycles. The minimum absolute atomic E-state index is 0.0639. The fraction of sp³-hybridized carbons (Fsp3) is 0.346. The van der Waals surface area contributed by atoms with Crippen LogP contribution in [0.4, 0.5) is 0 Å². The molecule has 3 aromatic rings. The number of rotatable bonds is 9. The SMILES string of the molecule is O=C(O)COC1CCC(NCCc2cnc(-c3ccccc3)c(-c3ccccc3)n2)CC1. The van der Waals surface area contributed by atoms with E-state index in [0.29, 0.717) is 6.04 Å². The van der Waals surface area contributed by atoms with E-state index in [1.54, 1.807) is 0 Å². The Morgan fingerprint density at radius 1 is 0.938 bits per heavy atom. The van der Waals surface area contributed by atoms with Crippen LogP contribution >= 0.6 is 0 Å². The van der Waals surface area contributed by atoms with Crippen LogP contribution in [0.5, 0.6) is 0 Å². The molecule has 6 heteroatoms. The molecule has 0 spiro atoms. The zero-order valence-corrected chi connectivity index (χ0v) is 18.1. The van der Waals surface area contributed by atoms with Crippen molar-refractivity contribution in [2.24, 2.45) is 0 Å². The molecule has 1 heterocycles. The molecule has 0 aliphatic heterocycles. The molecule has 2 N–H and O–H groups in total. The van der Waals surface area contributed by atoms with Crippen LogP contribution in [0.2, 0.25) is 0 Å². The van der Waals surface area contributed by atoms with Gasteiger partial charge in [-0.2, -0.15) is 0 Å². The molecular formula is C26H29N3O3. The highest BCUT2D eigenvalue weighted by molar-refractivity contribution is 5.77. The van der Waals surface area contributed by atoms with E-state index in [1.165, 1.54) is 0 Å². The van der Waals surface area contributed by atoms with Crippen LogP contribution in [0, 0.1) is 0 Å². The molecule has 6 nitrogen and oxygen atoms in total. The van der Waals surface area contributed by atoms with Gasteiger partial charge in [0.2, 0.25) is 0 Å². The van der Waals surface area contributed by atoms with Crippen LogP contribution in [-0.4, -0.2) is 46.3 Å². The molecule has 0 bridgehead atoms. The lowest BCUT2D eigenvalue weighted by Crippen LogP contribution is -2.37. The van der Waals surface area contributed by atoms with Crippen molar-refractivity contribution in [3.63, 3.8) is 0 Å². The quantitative estimate of drug-likeness (QED) is 0.524. The van der Waals surface area contributed by atoms with Crippen LogP contribution in [0.25, 0.3) is 22.5 Å². The third-order valence-corrected chi connectivity index (χ3v) is 5.85. The molecular weight excluding hydrogens is 402 g/mol. The number of ether oxygens (including phenoxy) is 1. The Kier molecular flexibility index (Phi) is 7.59. The summed E-state index contributed by atoms with van der Waals surface area (Å²) in [4.78, 5) is 20.4. The minimum atomic E-state index is -0.903. The molecule has 0 atom stereocenters. The number of carboxylic acid groups (broad SMARTS) is 1. The van der Waals surface area contributed by atoms with Gasteiger partial charge in [-0.15, -0.1) is 0 Å². The summed E-state index contributed by atoms with van der Waals surface area (Å²) in [5.41, 5.74) is 4.90. The van der Waals surface area contributed by atoms with Crippen molar-refractivity contribution in [1.82, 2.24) is 15.3 Å². The van der Waals surface area contributed by atoms with Crippen LogP contribution in [0.15, 0.2) is 66.9 Å². The lowest BCUT2D eigenvalue weighted by Gasteiger charge is -2.28. The lowest BCUT2D eigenvalue weighted by molar-refractivity contribution is -0.145. The van der Waals surface area contributed by atoms with Gasteiger partial charge in [0.25, 0.3) is 0 Å². The predicted octanol–water partition coefficient (Wildman–Crippen LogP) is 4.36. The average molecular weight is 432 g/mol. The monoisotopic (exact) mass is 431 g/mol. The number of benzene rings is 2. The maximum atomic E-state index is 10.7. The Hall–Kier alpha value is -3.09. The van der Waals surface area contributed by atoms with E-state index in [2.05, 4.69) is 29.6 Å². The van der Waals surface area contributed by atoms with Gasteiger partial charge >= 0.3 is 5.97 Å². The maximum absolute atomic E-state index is 10.7. The summed E-state index contributed by atoms with van der Waals surface area (Å²) < 4.78 is 5.42. The van der Waals surface area contributed by atoms with Crippen molar-refractivity contribution < 1.29 is 14.6 Å². The zero-order valence-electron chi connectivity index (χ0n) is 18.1. The normalized spacial score (nSPS) is 18.4. The number of aliphatic carboxylic acids is 1. The Balaban J connectivity index is 1.37. The van der Waals surface area contributed by atoms with Gasteiger partial charge in [-0.25, -0.2) is 9.78 Å². The van der Waals surface area contributed by atoms with Crippen molar-refractivity contribution in [2.75, 3.05) is 13.2 Å². The number of carbonyl (C=O) groups is 1. The molecule has 1 fully saturated rings. The van der Waals surface area contributed by atoms with E-state index >= 15 is 0 Å². The van der Waals surface area contributed by atoms with Crippen LogP contribution in [0.3, 0.4) is 0 Å². The summed E-state index contributed by atoms with van der Waals surface area (Å²) in [7, 11) is 0. The third-order valence-electron chi connectivity index (χ3n) is 5.85. The first kappa shape index (κ1) is 22.1. The largest absolute Gasteiger partial charge is 0.480 e. The zero-order chi connectivity index (χ0) is 22.2. The summed E-state index contributed by atoms with van der Waals surface area (Å²) >= 11 is 0. The smallest absolute Gasteiger partial charge is 0.329 e. The summed E-state index contributed by atoms with van der Waals surface area (Å²) in [6.45, 7) is 0.628. The summed E-state index contributed by atoms with van der Waals surface area (Å²) in [6.07, 6.45) is 6.54. The molecule has 166 valence electrons. The molecule has 1 aliphatic rings. The molecule has 0 unspecified atom stereocenters. The van der Waals surface area contributed by atoms with Gasteiger partial charge in [0, 0.05) is 36.3 Å². The predicted molar refractivity (Wildman–Crippen MR) is 124 cm³/mol. The van der Waals surface area contributed by atoms with Crippen LogP contribution in [-0.2, 0) is 16.0 Å². The fourth-order valence-electron chi connectivity index (χ4n) is 4.18. The van der Waals surface area contributed by atoms with Gasteiger partial charge in [0.05, 0.1) is 23.2 Å². The molecule has 0 amide bonds. The second kappa shape index (κ2) is 11.0. The summed E-state index contributed by atoms with van der Waals surface area (Å²) in [6, 6.07) is 20.8. The Morgan fingerprint density at radius 3 is 2.19 bits per heavy atom. The molecule has 4 rings (SSSR count). The van der Waals surface area contributed by atoms with Gasteiger partial charge in [0.1, 0.15) is 6.61 Å². The van der Waals surface area contributed by atoms with Gasteiger partial charge in [0.15, 0.2) is 0 Å². The molecule has 1 saturated carbocycles. The van der Waals surface area contributed by atoms with E-state index in [-0.39, 0.29) is 12.7 Å². The Bertz CT molecular complexity index is 1000. The minimum Gasteiger partial charge on any atom is -0.480 e. The Morgan fingerprint density at radius 2 is 1.56 bits per heavy atom. The summed E-state index contributed by atoms with van der Waals surface area (Å²) in [5, 5.41) is 12.4. The highest BCUT2D eigenvalue weighted by Crippen LogP contribution is 2.28. The lowest BCUT2D eigenvalue weighted by atomic mass is 9.93. The van der Waals surface area contributed by atoms with Gasteiger partial charge in [-0.05, 0) is 25.7 Å². The summed E-state index contributed by atoms with van der Waals surface area (Å²) in [5.74, 6) is -0.903. The van der Waals surface area contributed by atoms with E-state index < -0.39 is 5.97 Å². The standard InChI is InChI=1S/C26H29N3O3/c30-24(31)18-32-23-13-11-21(12-14-23)27-16-15-22-17-28-25(19-7-3-1-4-8-19)26(29-22)20-9-5-2-6-10-20/h1-10,17,21,23,27H,11-16,18H2,(H,30,31).